The van der Waals surface area contributed by atoms with Crippen LogP contribution in [0.15, 0.2) is 78.9 Å². The number of anilines is 2. The number of amides is 2. The van der Waals surface area contributed by atoms with Gasteiger partial charge in [0.05, 0.1) is 12.2 Å². The summed E-state index contributed by atoms with van der Waals surface area (Å²) in [6, 6.07) is 22.4. The van der Waals surface area contributed by atoms with Crippen molar-refractivity contribution in [3.63, 3.8) is 0 Å². The molecule has 2 amide bonds. The van der Waals surface area contributed by atoms with Gasteiger partial charge < -0.3 is 14.8 Å². The lowest BCUT2D eigenvalue weighted by Crippen LogP contribution is -2.14. The second-order valence-corrected chi connectivity index (χ2v) is 6.52. The molecule has 7 heteroatoms. The molecule has 2 N–H and O–H groups in total. The fourth-order valence-electron chi connectivity index (χ4n) is 2.72. The fraction of sp³-hybridized carbons (Fsp3) is 0.125. The number of esters is 1. The molecule has 0 aliphatic carbocycles. The van der Waals surface area contributed by atoms with Crippen LogP contribution in [0.3, 0.4) is 0 Å². The topological polar surface area (TPSA) is 93.7 Å². The molecule has 7 nitrogen and oxygen atoms in total. The van der Waals surface area contributed by atoms with Crippen molar-refractivity contribution >= 4 is 29.3 Å². The first-order valence-electron chi connectivity index (χ1n) is 9.71. The molecule has 0 spiro atoms. The first kappa shape index (κ1) is 21.6. The molecule has 0 bridgehead atoms. The Bertz CT molecular complexity index is 1050. The van der Waals surface area contributed by atoms with Crippen molar-refractivity contribution in [3.8, 4) is 0 Å². The zero-order chi connectivity index (χ0) is 22.1. The minimum absolute atomic E-state index is 0.0505. The molecule has 158 valence electrons. The summed E-state index contributed by atoms with van der Waals surface area (Å²) in [7, 11) is 0. The molecule has 0 saturated carbocycles. The number of nitrogens with one attached hydrogen (secondary N) is 2. The molecular formula is C24H22N2O5. The number of carbonyl (C=O) groups excluding carboxylic acids is 3. The van der Waals surface area contributed by atoms with Crippen LogP contribution in [0, 0.1) is 0 Å². The Morgan fingerprint density at radius 2 is 1.45 bits per heavy atom. The van der Waals surface area contributed by atoms with Crippen molar-refractivity contribution in [3.05, 3.63) is 95.6 Å². The highest BCUT2D eigenvalue weighted by atomic mass is 16.5. The lowest BCUT2D eigenvalue weighted by atomic mass is 10.1. The van der Waals surface area contributed by atoms with Crippen LogP contribution in [-0.2, 0) is 16.1 Å². The van der Waals surface area contributed by atoms with Crippen molar-refractivity contribution in [1.82, 2.24) is 0 Å². The van der Waals surface area contributed by atoms with Gasteiger partial charge in [-0.05, 0) is 55.0 Å². The summed E-state index contributed by atoms with van der Waals surface area (Å²) in [5.74, 6) is -0.751. The summed E-state index contributed by atoms with van der Waals surface area (Å²) < 4.78 is 10.2. The molecule has 3 aromatic rings. The van der Waals surface area contributed by atoms with Gasteiger partial charge in [-0.1, -0.05) is 36.4 Å². The Morgan fingerprint density at radius 3 is 2.16 bits per heavy atom. The quantitative estimate of drug-likeness (QED) is 0.534. The van der Waals surface area contributed by atoms with Gasteiger partial charge in [0.15, 0.2) is 0 Å². The summed E-state index contributed by atoms with van der Waals surface area (Å²) in [6.07, 6.45) is -0.593. The lowest BCUT2D eigenvalue weighted by Gasteiger charge is -2.09. The molecule has 3 aromatic carbocycles. The lowest BCUT2D eigenvalue weighted by molar-refractivity contribution is 0.0472. The van der Waals surface area contributed by atoms with Crippen molar-refractivity contribution in [2.75, 3.05) is 17.2 Å². The fourth-order valence-corrected chi connectivity index (χ4v) is 2.72. The molecule has 0 fully saturated rings. The molecule has 0 unspecified atom stereocenters. The standard InChI is InChI=1S/C24H22N2O5/c1-2-30-24(29)26-21-10-6-7-19(15-21)23(28)31-16-17-11-13-18(14-12-17)22(27)25-20-8-4-3-5-9-20/h3-15H,2,16H2,1H3,(H,25,27)(H,26,29). The number of rotatable bonds is 7. The summed E-state index contributed by atoms with van der Waals surface area (Å²) >= 11 is 0. The first-order chi connectivity index (χ1) is 15.0. The molecule has 31 heavy (non-hydrogen) atoms. The van der Waals surface area contributed by atoms with E-state index in [0.29, 0.717) is 22.5 Å². The van der Waals surface area contributed by atoms with Crippen LogP contribution < -0.4 is 10.6 Å². The van der Waals surface area contributed by atoms with Gasteiger partial charge in [0.2, 0.25) is 0 Å². The maximum atomic E-state index is 12.3. The zero-order valence-electron chi connectivity index (χ0n) is 17.0. The van der Waals surface area contributed by atoms with Gasteiger partial charge in [-0.2, -0.15) is 0 Å². The molecular weight excluding hydrogens is 396 g/mol. The zero-order valence-corrected chi connectivity index (χ0v) is 17.0. The second-order valence-electron chi connectivity index (χ2n) is 6.52. The summed E-state index contributed by atoms with van der Waals surface area (Å²) in [5, 5.41) is 5.35. The monoisotopic (exact) mass is 418 g/mol. The van der Waals surface area contributed by atoms with E-state index in [1.807, 2.05) is 30.3 Å². The van der Waals surface area contributed by atoms with E-state index in [1.165, 1.54) is 6.07 Å². The van der Waals surface area contributed by atoms with E-state index >= 15 is 0 Å². The van der Waals surface area contributed by atoms with E-state index in [4.69, 9.17) is 9.47 Å². The highest BCUT2D eigenvalue weighted by Crippen LogP contribution is 2.14. The molecule has 3 rings (SSSR count). The molecule has 0 saturated heterocycles. The number of hydrogen-bond donors (Lipinski definition) is 2. The normalized spacial score (nSPS) is 10.1. The Hall–Kier alpha value is -4.13. The maximum Gasteiger partial charge on any atom is 0.411 e. The predicted octanol–water partition coefficient (Wildman–Crippen LogP) is 4.86. The molecule has 0 atom stereocenters. The smallest absolute Gasteiger partial charge is 0.411 e. The number of para-hydroxylation sites is 1. The number of benzene rings is 3. The van der Waals surface area contributed by atoms with Crippen LogP contribution in [0.25, 0.3) is 0 Å². The number of hydrogen-bond acceptors (Lipinski definition) is 5. The Balaban J connectivity index is 1.54. The van der Waals surface area contributed by atoms with Gasteiger partial charge in [-0.3, -0.25) is 10.1 Å². The Morgan fingerprint density at radius 1 is 0.742 bits per heavy atom. The van der Waals surface area contributed by atoms with Gasteiger partial charge in [0.1, 0.15) is 6.61 Å². The summed E-state index contributed by atoms with van der Waals surface area (Å²) in [6.45, 7) is 2.00. The SMILES string of the molecule is CCOC(=O)Nc1cccc(C(=O)OCc2ccc(C(=O)Nc3ccccc3)cc2)c1. The largest absolute Gasteiger partial charge is 0.457 e. The predicted molar refractivity (Wildman–Crippen MR) is 117 cm³/mol. The number of carbonyl (C=O) groups is 3. The maximum absolute atomic E-state index is 12.3. The number of ether oxygens (including phenoxy) is 2. The van der Waals surface area contributed by atoms with E-state index in [0.717, 1.165) is 5.56 Å². The van der Waals surface area contributed by atoms with Crippen LogP contribution in [0.2, 0.25) is 0 Å². The van der Waals surface area contributed by atoms with Gasteiger partial charge in [-0.15, -0.1) is 0 Å². The van der Waals surface area contributed by atoms with Gasteiger partial charge in [0.25, 0.3) is 5.91 Å². The van der Waals surface area contributed by atoms with Crippen LogP contribution >= 0.6 is 0 Å². The average molecular weight is 418 g/mol. The van der Waals surface area contributed by atoms with Crippen molar-refractivity contribution in [1.29, 1.82) is 0 Å². The van der Waals surface area contributed by atoms with Crippen LogP contribution in [-0.4, -0.2) is 24.6 Å². The van der Waals surface area contributed by atoms with Crippen molar-refractivity contribution < 1.29 is 23.9 Å². The van der Waals surface area contributed by atoms with Gasteiger partial charge in [0, 0.05) is 16.9 Å². The van der Waals surface area contributed by atoms with E-state index in [2.05, 4.69) is 10.6 Å². The third-order valence-electron chi connectivity index (χ3n) is 4.24. The summed E-state index contributed by atoms with van der Waals surface area (Å²) in [4.78, 5) is 36.1. The van der Waals surface area contributed by atoms with Gasteiger partial charge >= 0.3 is 12.1 Å². The van der Waals surface area contributed by atoms with Gasteiger partial charge in [-0.25, -0.2) is 9.59 Å². The minimum atomic E-state index is -0.593. The minimum Gasteiger partial charge on any atom is -0.457 e. The molecule has 0 aromatic heterocycles. The molecule has 0 aliphatic rings. The third-order valence-corrected chi connectivity index (χ3v) is 4.24. The van der Waals surface area contributed by atoms with Crippen molar-refractivity contribution in [2.24, 2.45) is 0 Å². The van der Waals surface area contributed by atoms with E-state index in [9.17, 15) is 14.4 Å². The highest BCUT2D eigenvalue weighted by molar-refractivity contribution is 6.04. The Kier molecular flexibility index (Phi) is 7.37. The van der Waals surface area contributed by atoms with Crippen LogP contribution in [0.5, 0.6) is 0 Å². The molecule has 0 radical (unpaired) electrons. The second kappa shape index (κ2) is 10.6. The van der Waals surface area contributed by atoms with E-state index in [-0.39, 0.29) is 19.1 Å². The van der Waals surface area contributed by atoms with E-state index in [1.54, 1.807) is 49.4 Å². The first-order valence-corrected chi connectivity index (χ1v) is 9.71. The van der Waals surface area contributed by atoms with Crippen LogP contribution in [0.1, 0.15) is 33.2 Å². The van der Waals surface area contributed by atoms with Crippen LogP contribution in [0.4, 0.5) is 16.2 Å². The summed E-state index contributed by atoms with van der Waals surface area (Å²) in [5.41, 5.74) is 2.68. The molecule has 0 heterocycles. The molecule has 0 aliphatic heterocycles. The van der Waals surface area contributed by atoms with E-state index < -0.39 is 12.1 Å². The van der Waals surface area contributed by atoms with Crippen molar-refractivity contribution in [2.45, 2.75) is 13.5 Å². The average Bonchev–Trinajstić information content (AvgIpc) is 2.79. The highest BCUT2D eigenvalue weighted by Gasteiger charge is 2.11. The third kappa shape index (κ3) is 6.43. The Labute approximate surface area is 180 Å².